The SMILES string of the molecule is Cc1ccc(COc2cc(C)c3c(c2)O/C(=C\c2cn(C)c4ccccc24)C3=O)cc1. The van der Waals surface area contributed by atoms with Gasteiger partial charge in [0.05, 0.1) is 5.56 Å². The molecule has 0 bridgehead atoms. The van der Waals surface area contributed by atoms with Gasteiger partial charge in [-0.05, 0) is 43.2 Å². The van der Waals surface area contributed by atoms with Crippen molar-refractivity contribution in [1.82, 2.24) is 4.57 Å². The first-order valence-corrected chi connectivity index (χ1v) is 10.3. The normalized spacial score (nSPS) is 14.2. The van der Waals surface area contributed by atoms with Gasteiger partial charge in [-0.25, -0.2) is 0 Å². The number of aromatic nitrogens is 1. The molecule has 0 saturated heterocycles. The highest BCUT2D eigenvalue weighted by molar-refractivity contribution is 6.16. The average Bonchev–Trinajstić information content (AvgIpc) is 3.25. The third-order valence-electron chi connectivity index (χ3n) is 5.68. The Morgan fingerprint density at radius 2 is 1.81 bits per heavy atom. The molecule has 0 unspecified atom stereocenters. The predicted molar refractivity (Wildman–Crippen MR) is 123 cm³/mol. The van der Waals surface area contributed by atoms with Gasteiger partial charge < -0.3 is 14.0 Å². The largest absolute Gasteiger partial charge is 0.489 e. The highest BCUT2D eigenvalue weighted by atomic mass is 16.5. The van der Waals surface area contributed by atoms with Crippen LogP contribution < -0.4 is 9.47 Å². The van der Waals surface area contributed by atoms with E-state index in [9.17, 15) is 4.79 Å². The van der Waals surface area contributed by atoms with Crippen molar-refractivity contribution in [2.24, 2.45) is 7.05 Å². The molecule has 0 fully saturated rings. The summed E-state index contributed by atoms with van der Waals surface area (Å²) in [4.78, 5) is 13.0. The van der Waals surface area contributed by atoms with Crippen molar-refractivity contribution in [3.05, 3.63) is 100 Å². The van der Waals surface area contributed by atoms with Crippen LogP contribution in [0, 0.1) is 13.8 Å². The molecule has 2 heterocycles. The van der Waals surface area contributed by atoms with Crippen molar-refractivity contribution in [3.8, 4) is 11.5 Å². The van der Waals surface area contributed by atoms with Crippen LogP contribution in [0.4, 0.5) is 0 Å². The van der Waals surface area contributed by atoms with Crippen LogP contribution in [0.15, 0.2) is 72.6 Å². The molecule has 5 rings (SSSR count). The summed E-state index contributed by atoms with van der Waals surface area (Å²) in [6.07, 6.45) is 3.84. The van der Waals surface area contributed by atoms with E-state index in [1.807, 2.05) is 44.4 Å². The molecule has 0 spiro atoms. The van der Waals surface area contributed by atoms with E-state index in [0.717, 1.165) is 27.6 Å². The van der Waals surface area contributed by atoms with Crippen LogP contribution in [0.2, 0.25) is 0 Å². The second-order valence-corrected chi connectivity index (χ2v) is 8.04. The molecule has 31 heavy (non-hydrogen) atoms. The van der Waals surface area contributed by atoms with Crippen LogP contribution in [0.1, 0.15) is 32.6 Å². The van der Waals surface area contributed by atoms with Gasteiger partial charge in [0.15, 0.2) is 5.76 Å². The maximum absolute atomic E-state index is 13.0. The summed E-state index contributed by atoms with van der Waals surface area (Å²) in [7, 11) is 2.00. The van der Waals surface area contributed by atoms with E-state index in [0.29, 0.717) is 29.4 Å². The van der Waals surface area contributed by atoms with Crippen molar-refractivity contribution in [2.45, 2.75) is 20.5 Å². The molecule has 1 aromatic heterocycles. The van der Waals surface area contributed by atoms with Gasteiger partial charge in [-0.2, -0.15) is 0 Å². The number of Topliss-reactive ketones (excluding diaryl/α,β-unsaturated/α-hetero) is 1. The molecule has 1 aliphatic heterocycles. The number of fused-ring (bicyclic) bond motifs is 2. The fourth-order valence-electron chi connectivity index (χ4n) is 4.04. The Hall–Kier alpha value is -3.79. The van der Waals surface area contributed by atoms with E-state index in [-0.39, 0.29) is 5.78 Å². The summed E-state index contributed by atoms with van der Waals surface area (Å²) in [6, 6.07) is 20.1. The fourth-order valence-corrected chi connectivity index (χ4v) is 4.04. The fraction of sp³-hybridized carbons (Fsp3) is 0.148. The first-order chi connectivity index (χ1) is 15.0. The molecular formula is C27H23NO3. The van der Waals surface area contributed by atoms with Gasteiger partial charge in [0.1, 0.15) is 18.1 Å². The predicted octanol–water partition coefficient (Wildman–Crippen LogP) is 5.99. The van der Waals surface area contributed by atoms with Crippen LogP contribution >= 0.6 is 0 Å². The van der Waals surface area contributed by atoms with Crippen LogP contribution in [-0.2, 0) is 13.7 Å². The van der Waals surface area contributed by atoms with Crippen LogP contribution in [0.25, 0.3) is 17.0 Å². The molecule has 4 heteroatoms. The Balaban J connectivity index is 1.43. The minimum Gasteiger partial charge on any atom is -0.489 e. The van der Waals surface area contributed by atoms with E-state index in [1.165, 1.54) is 5.56 Å². The Bertz CT molecular complexity index is 1340. The number of rotatable bonds is 4. The summed E-state index contributed by atoms with van der Waals surface area (Å²) < 4.78 is 14.0. The van der Waals surface area contributed by atoms with Gasteiger partial charge in [-0.15, -0.1) is 0 Å². The van der Waals surface area contributed by atoms with Gasteiger partial charge in [-0.1, -0.05) is 48.0 Å². The molecule has 154 valence electrons. The number of hydrogen-bond acceptors (Lipinski definition) is 3. The number of carbonyl (C=O) groups excluding carboxylic acids is 1. The number of hydrogen-bond donors (Lipinski definition) is 0. The van der Waals surface area contributed by atoms with Crippen LogP contribution in [-0.4, -0.2) is 10.4 Å². The van der Waals surface area contributed by atoms with Crippen molar-refractivity contribution >= 4 is 22.8 Å². The van der Waals surface area contributed by atoms with E-state index in [2.05, 4.69) is 47.9 Å². The number of allylic oxidation sites excluding steroid dienone is 1. The van der Waals surface area contributed by atoms with Gasteiger partial charge in [-0.3, -0.25) is 4.79 Å². The Morgan fingerprint density at radius 1 is 1.03 bits per heavy atom. The topological polar surface area (TPSA) is 40.5 Å². The molecule has 0 radical (unpaired) electrons. The highest BCUT2D eigenvalue weighted by Gasteiger charge is 2.30. The second-order valence-electron chi connectivity index (χ2n) is 8.04. The summed E-state index contributed by atoms with van der Waals surface area (Å²) >= 11 is 0. The number of ether oxygens (including phenoxy) is 2. The minimum absolute atomic E-state index is 0.0921. The lowest BCUT2D eigenvalue weighted by molar-refractivity contribution is 0.101. The Kier molecular flexibility index (Phi) is 4.63. The van der Waals surface area contributed by atoms with Crippen molar-refractivity contribution < 1.29 is 14.3 Å². The van der Waals surface area contributed by atoms with Crippen molar-refractivity contribution in [2.75, 3.05) is 0 Å². The first kappa shape index (κ1) is 19.2. The highest BCUT2D eigenvalue weighted by Crippen LogP contribution is 2.38. The molecule has 0 saturated carbocycles. The lowest BCUT2D eigenvalue weighted by Crippen LogP contribution is -2.00. The van der Waals surface area contributed by atoms with Crippen molar-refractivity contribution in [1.29, 1.82) is 0 Å². The molecule has 0 aliphatic carbocycles. The van der Waals surface area contributed by atoms with Crippen molar-refractivity contribution in [3.63, 3.8) is 0 Å². The number of para-hydroxylation sites is 1. The zero-order valence-electron chi connectivity index (χ0n) is 17.8. The second kappa shape index (κ2) is 7.47. The summed E-state index contributed by atoms with van der Waals surface area (Å²) in [5.74, 6) is 1.49. The maximum Gasteiger partial charge on any atom is 0.232 e. The molecule has 0 N–H and O–H groups in total. The third-order valence-corrected chi connectivity index (χ3v) is 5.68. The van der Waals surface area contributed by atoms with Gasteiger partial charge >= 0.3 is 0 Å². The first-order valence-electron chi connectivity index (χ1n) is 10.3. The molecule has 1 aliphatic rings. The smallest absolute Gasteiger partial charge is 0.232 e. The number of benzene rings is 3. The number of nitrogens with zero attached hydrogens (tertiary/aromatic N) is 1. The molecular weight excluding hydrogens is 386 g/mol. The minimum atomic E-state index is -0.0921. The lowest BCUT2D eigenvalue weighted by atomic mass is 10.0. The molecule has 0 amide bonds. The summed E-state index contributed by atoms with van der Waals surface area (Å²) in [5.41, 5.74) is 5.84. The quantitative estimate of drug-likeness (QED) is 0.389. The van der Waals surface area contributed by atoms with Crippen LogP contribution in [0.3, 0.4) is 0 Å². The van der Waals surface area contributed by atoms with Gasteiger partial charge in [0.25, 0.3) is 0 Å². The molecule has 4 nitrogen and oxygen atoms in total. The van der Waals surface area contributed by atoms with E-state index in [1.54, 1.807) is 6.07 Å². The maximum atomic E-state index is 13.0. The van der Waals surface area contributed by atoms with Crippen LogP contribution in [0.5, 0.6) is 11.5 Å². The average molecular weight is 409 g/mol. The monoisotopic (exact) mass is 409 g/mol. The molecule has 4 aromatic rings. The summed E-state index contributed by atoms with van der Waals surface area (Å²) in [6.45, 7) is 4.44. The lowest BCUT2D eigenvalue weighted by Gasteiger charge is -2.09. The van der Waals surface area contributed by atoms with E-state index in [4.69, 9.17) is 9.47 Å². The number of aryl methyl sites for hydroxylation is 3. The Morgan fingerprint density at radius 3 is 2.61 bits per heavy atom. The number of carbonyl (C=O) groups is 1. The molecule has 3 aromatic carbocycles. The zero-order valence-corrected chi connectivity index (χ0v) is 17.8. The van der Waals surface area contributed by atoms with Gasteiger partial charge in [0.2, 0.25) is 5.78 Å². The standard InChI is InChI=1S/C27H23NO3/c1-17-8-10-19(11-9-17)16-30-21-12-18(2)26-24(14-21)31-25(27(26)29)13-20-15-28(3)23-7-5-4-6-22(20)23/h4-15H,16H2,1-3H3/b25-13-. The van der Waals surface area contributed by atoms with Gasteiger partial charge in [0, 0.05) is 35.8 Å². The number of ketones is 1. The third kappa shape index (κ3) is 3.50. The Labute approximate surface area is 181 Å². The zero-order chi connectivity index (χ0) is 21.5. The van der Waals surface area contributed by atoms with E-state index >= 15 is 0 Å². The molecule has 0 atom stereocenters. The summed E-state index contributed by atoms with van der Waals surface area (Å²) in [5, 5.41) is 1.09. The van der Waals surface area contributed by atoms with E-state index < -0.39 is 0 Å².